The third kappa shape index (κ3) is 2.93. The van der Waals surface area contributed by atoms with Gasteiger partial charge in [0.05, 0.1) is 11.9 Å². The van der Waals surface area contributed by atoms with Crippen LogP contribution in [0.4, 0.5) is 15.9 Å². The van der Waals surface area contributed by atoms with Crippen molar-refractivity contribution in [3.8, 4) is 22.8 Å². The van der Waals surface area contributed by atoms with E-state index in [2.05, 4.69) is 15.4 Å². The number of halogens is 1. The van der Waals surface area contributed by atoms with Gasteiger partial charge in [0, 0.05) is 17.3 Å². The topological polar surface area (TPSA) is 60.7 Å². The fourth-order valence-corrected chi connectivity index (χ4v) is 3.00. The molecule has 134 valence electrons. The molecule has 0 saturated heterocycles. The van der Waals surface area contributed by atoms with Crippen molar-refractivity contribution in [2.45, 2.75) is 0 Å². The molecule has 4 aromatic rings. The highest BCUT2D eigenvalue weighted by Gasteiger charge is 2.13. The van der Waals surface area contributed by atoms with E-state index in [0.29, 0.717) is 30.4 Å². The first-order valence-corrected chi connectivity index (χ1v) is 8.54. The molecule has 0 atom stereocenters. The van der Waals surface area contributed by atoms with Crippen LogP contribution in [0.1, 0.15) is 0 Å². The largest absolute Gasteiger partial charge is 0.486 e. The number of nitrogens with one attached hydrogen (secondary N) is 1. The lowest BCUT2D eigenvalue weighted by Gasteiger charge is -2.19. The Hall–Kier alpha value is -3.61. The van der Waals surface area contributed by atoms with Crippen LogP contribution in [0.15, 0.2) is 60.8 Å². The zero-order chi connectivity index (χ0) is 18.2. The first kappa shape index (κ1) is 15.6. The maximum atomic E-state index is 13.2. The summed E-state index contributed by atoms with van der Waals surface area (Å²) >= 11 is 0. The molecule has 5 rings (SSSR count). The number of ether oxygens (including phenoxy) is 2. The van der Waals surface area contributed by atoms with Crippen LogP contribution in [-0.4, -0.2) is 27.8 Å². The van der Waals surface area contributed by atoms with E-state index in [1.807, 2.05) is 30.3 Å². The Balaban J connectivity index is 1.50. The minimum absolute atomic E-state index is 0.275. The smallest absolute Gasteiger partial charge is 0.163 e. The van der Waals surface area contributed by atoms with Crippen LogP contribution in [0, 0.1) is 5.82 Å². The van der Waals surface area contributed by atoms with E-state index in [1.54, 1.807) is 22.8 Å². The van der Waals surface area contributed by atoms with Gasteiger partial charge >= 0.3 is 0 Å². The Labute approximate surface area is 154 Å². The van der Waals surface area contributed by atoms with E-state index >= 15 is 0 Å². The lowest BCUT2D eigenvalue weighted by atomic mass is 10.1. The fraction of sp³-hybridized carbons (Fsp3) is 0.100. The number of aromatic nitrogens is 3. The number of anilines is 2. The normalized spacial score (nSPS) is 12.9. The fourth-order valence-electron chi connectivity index (χ4n) is 3.00. The van der Waals surface area contributed by atoms with Crippen LogP contribution in [-0.2, 0) is 0 Å². The second-order valence-electron chi connectivity index (χ2n) is 6.12. The van der Waals surface area contributed by atoms with E-state index in [0.717, 1.165) is 22.7 Å². The number of nitrogens with zero attached hydrogens (tertiary/aromatic N) is 3. The molecule has 0 radical (unpaired) electrons. The van der Waals surface area contributed by atoms with Crippen molar-refractivity contribution in [1.82, 2.24) is 14.6 Å². The number of hydrogen-bond donors (Lipinski definition) is 1. The Morgan fingerprint density at radius 3 is 2.59 bits per heavy atom. The zero-order valence-corrected chi connectivity index (χ0v) is 14.2. The molecule has 0 bridgehead atoms. The summed E-state index contributed by atoms with van der Waals surface area (Å²) in [6.07, 6.45) is 1.72. The van der Waals surface area contributed by atoms with Crippen LogP contribution < -0.4 is 14.8 Å². The molecule has 7 heteroatoms. The molecule has 0 amide bonds. The molecule has 6 nitrogen and oxygen atoms in total. The monoisotopic (exact) mass is 362 g/mol. The van der Waals surface area contributed by atoms with Crippen LogP contribution in [0.2, 0.25) is 0 Å². The Bertz CT molecular complexity index is 1120. The van der Waals surface area contributed by atoms with Gasteiger partial charge in [-0.15, -0.1) is 0 Å². The predicted octanol–water partition coefficient (Wildman–Crippen LogP) is 4.05. The molecule has 0 fully saturated rings. The zero-order valence-electron chi connectivity index (χ0n) is 14.2. The van der Waals surface area contributed by atoms with E-state index in [4.69, 9.17) is 9.47 Å². The number of hydrogen-bond acceptors (Lipinski definition) is 5. The standard InChI is InChI=1S/C20H15FN4O2/c21-14-3-1-13(2-4-14)16-6-8-19-22-12-20(25(19)24-16)23-15-5-7-17-18(11-15)27-10-9-26-17/h1-8,11-12,23H,9-10H2. The molecule has 1 aliphatic rings. The van der Waals surface area contributed by atoms with Gasteiger partial charge in [-0.1, -0.05) is 0 Å². The summed E-state index contributed by atoms with van der Waals surface area (Å²) in [4.78, 5) is 4.37. The van der Waals surface area contributed by atoms with E-state index in [1.165, 1.54) is 12.1 Å². The Kier molecular flexibility index (Phi) is 3.64. The molecule has 0 spiro atoms. The van der Waals surface area contributed by atoms with Gasteiger partial charge in [0.25, 0.3) is 0 Å². The molecule has 27 heavy (non-hydrogen) atoms. The maximum Gasteiger partial charge on any atom is 0.163 e. The molecular formula is C20H15FN4O2. The van der Waals surface area contributed by atoms with Crippen molar-refractivity contribution in [2.24, 2.45) is 0 Å². The molecule has 0 saturated carbocycles. The van der Waals surface area contributed by atoms with Crippen LogP contribution in [0.3, 0.4) is 0 Å². The minimum atomic E-state index is -0.275. The van der Waals surface area contributed by atoms with E-state index < -0.39 is 0 Å². The number of benzene rings is 2. The van der Waals surface area contributed by atoms with Crippen molar-refractivity contribution < 1.29 is 13.9 Å². The molecular weight excluding hydrogens is 347 g/mol. The second kappa shape index (κ2) is 6.28. The third-order valence-corrected chi connectivity index (χ3v) is 4.32. The second-order valence-corrected chi connectivity index (χ2v) is 6.12. The SMILES string of the molecule is Fc1ccc(-c2ccc3ncc(Nc4ccc5c(c4)OCCO5)n3n2)cc1. The summed E-state index contributed by atoms with van der Waals surface area (Å²) in [5.74, 6) is 1.88. The molecule has 1 N–H and O–H groups in total. The highest BCUT2D eigenvalue weighted by molar-refractivity contribution is 5.65. The number of rotatable bonds is 3. The molecule has 1 aliphatic heterocycles. The van der Waals surface area contributed by atoms with Crippen LogP contribution in [0.25, 0.3) is 16.9 Å². The molecule has 0 aliphatic carbocycles. The number of imidazole rings is 1. The van der Waals surface area contributed by atoms with Gasteiger partial charge in [-0.2, -0.15) is 9.61 Å². The average molecular weight is 362 g/mol. The third-order valence-electron chi connectivity index (χ3n) is 4.32. The summed E-state index contributed by atoms with van der Waals surface area (Å²) in [5.41, 5.74) is 3.11. The summed E-state index contributed by atoms with van der Waals surface area (Å²) in [6.45, 7) is 1.10. The molecule has 0 unspecified atom stereocenters. The van der Waals surface area contributed by atoms with Gasteiger partial charge in [-0.25, -0.2) is 9.37 Å². The van der Waals surface area contributed by atoms with Gasteiger partial charge in [-0.05, 0) is 48.5 Å². The number of fused-ring (bicyclic) bond motifs is 2. The summed E-state index contributed by atoms with van der Waals surface area (Å²) in [7, 11) is 0. The van der Waals surface area contributed by atoms with Gasteiger partial charge < -0.3 is 14.8 Å². The molecule has 3 heterocycles. The first-order valence-electron chi connectivity index (χ1n) is 8.54. The van der Waals surface area contributed by atoms with Crippen LogP contribution in [0.5, 0.6) is 11.5 Å². The lowest BCUT2D eigenvalue weighted by Crippen LogP contribution is -2.15. The average Bonchev–Trinajstić information content (AvgIpc) is 3.10. The van der Waals surface area contributed by atoms with Gasteiger partial charge in [-0.3, -0.25) is 0 Å². The van der Waals surface area contributed by atoms with E-state index in [-0.39, 0.29) is 5.82 Å². The van der Waals surface area contributed by atoms with Gasteiger partial charge in [0.15, 0.2) is 23.0 Å². The lowest BCUT2D eigenvalue weighted by molar-refractivity contribution is 0.171. The summed E-state index contributed by atoms with van der Waals surface area (Å²) in [6, 6.07) is 15.7. The van der Waals surface area contributed by atoms with E-state index in [9.17, 15) is 4.39 Å². The summed E-state index contributed by atoms with van der Waals surface area (Å²) < 4.78 is 26.1. The minimum Gasteiger partial charge on any atom is -0.486 e. The van der Waals surface area contributed by atoms with Crippen molar-refractivity contribution in [2.75, 3.05) is 18.5 Å². The molecule has 2 aromatic heterocycles. The van der Waals surface area contributed by atoms with Crippen molar-refractivity contribution in [1.29, 1.82) is 0 Å². The highest BCUT2D eigenvalue weighted by atomic mass is 19.1. The summed E-state index contributed by atoms with van der Waals surface area (Å²) in [5, 5.41) is 7.94. The van der Waals surface area contributed by atoms with Gasteiger partial charge in [0.2, 0.25) is 0 Å². The van der Waals surface area contributed by atoms with Crippen molar-refractivity contribution >= 4 is 17.2 Å². The van der Waals surface area contributed by atoms with Gasteiger partial charge in [0.1, 0.15) is 19.0 Å². The molecule has 2 aromatic carbocycles. The van der Waals surface area contributed by atoms with Crippen LogP contribution >= 0.6 is 0 Å². The highest BCUT2D eigenvalue weighted by Crippen LogP contribution is 2.33. The Morgan fingerprint density at radius 1 is 0.926 bits per heavy atom. The Morgan fingerprint density at radius 2 is 1.74 bits per heavy atom. The first-order chi connectivity index (χ1) is 13.3. The maximum absolute atomic E-state index is 13.2. The van der Waals surface area contributed by atoms with Crippen molar-refractivity contribution in [3.05, 3.63) is 66.6 Å². The van der Waals surface area contributed by atoms with Crippen molar-refractivity contribution in [3.63, 3.8) is 0 Å². The quantitative estimate of drug-likeness (QED) is 0.596. The predicted molar refractivity (Wildman–Crippen MR) is 99.1 cm³/mol.